The summed E-state index contributed by atoms with van der Waals surface area (Å²) in [5, 5.41) is 0. The highest BCUT2D eigenvalue weighted by atomic mass is 16.5. The Hall–Kier alpha value is -1.22. The van der Waals surface area contributed by atoms with Crippen molar-refractivity contribution < 1.29 is 4.74 Å². The van der Waals surface area contributed by atoms with E-state index in [0.717, 1.165) is 30.5 Å². The third-order valence-corrected chi connectivity index (χ3v) is 4.50. The summed E-state index contributed by atoms with van der Waals surface area (Å²) in [4.78, 5) is 2.63. The number of nitrogens with two attached hydrogens (primary N) is 1. The van der Waals surface area contributed by atoms with Crippen LogP contribution in [0, 0.1) is 5.92 Å². The molecule has 0 radical (unpaired) electrons. The molecule has 1 aliphatic heterocycles. The van der Waals surface area contributed by atoms with Gasteiger partial charge in [-0.1, -0.05) is 26.3 Å². The van der Waals surface area contributed by atoms with Gasteiger partial charge in [-0.05, 0) is 69.3 Å². The lowest BCUT2D eigenvalue weighted by Crippen LogP contribution is -2.38. The van der Waals surface area contributed by atoms with Crippen molar-refractivity contribution in [2.24, 2.45) is 5.92 Å². The number of benzene rings is 1. The second-order valence-corrected chi connectivity index (χ2v) is 7.06. The molecular weight excluding hydrogens is 272 g/mol. The van der Waals surface area contributed by atoms with Crippen LogP contribution in [-0.2, 0) is 6.42 Å². The van der Waals surface area contributed by atoms with Gasteiger partial charge in [-0.15, -0.1) is 0 Å². The standard InChI is InChI=1S/C19H32N2O/c1-15(2)14-22-19-10-9-17(13-18(19)20)8-6-12-21-11-5-4-7-16(21)3/h9-10,13,15-16H,4-8,11-12,14,20H2,1-3H3. The minimum absolute atomic E-state index is 0.519. The van der Waals surface area contributed by atoms with E-state index in [2.05, 4.69) is 37.8 Å². The van der Waals surface area contributed by atoms with E-state index in [4.69, 9.17) is 10.5 Å². The first-order valence-corrected chi connectivity index (χ1v) is 8.81. The Morgan fingerprint density at radius 3 is 2.82 bits per heavy atom. The summed E-state index contributed by atoms with van der Waals surface area (Å²) in [6, 6.07) is 7.02. The van der Waals surface area contributed by atoms with Crippen LogP contribution in [-0.4, -0.2) is 30.6 Å². The van der Waals surface area contributed by atoms with E-state index < -0.39 is 0 Å². The maximum absolute atomic E-state index is 6.11. The molecule has 22 heavy (non-hydrogen) atoms. The zero-order valence-corrected chi connectivity index (χ0v) is 14.5. The topological polar surface area (TPSA) is 38.5 Å². The highest BCUT2D eigenvalue weighted by Gasteiger charge is 2.17. The molecule has 3 nitrogen and oxygen atoms in total. The zero-order chi connectivity index (χ0) is 15.9. The number of hydrogen-bond donors (Lipinski definition) is 1. The van der Waals surface area contributed by atoms with E-state index in [1.54, 1.807) is 0 Å². The summed E-state index contributed by atoms with van der Waals surface area (Å²) in [6.07, 6.45) is 6.41. The first-order chi connectivity index (χ1) is 10.6. The lowest BCUT2D eigenvalue weighted by atomic mass is 10.0. The molecule has 0 spiro atoms. The fourth-order valence-corrected chi connectivity index (χ4v) is 3.12. The minimum Gasteiger partial charge on any atom is -0.491 e. The molecule has 2 rings (SSSR count). The van der Waals surface area contributed by atoms with E-state index in [-0.39, 0.29) is 0 Å². The number of piperidine rings is 1. The molecule has 1 aromatic carbocycles. The average molecular weight is 304 g/mol. The van der Waals surface area contributed by atoms with Crippen molar-refractivity contribution in [2.75, 3.05) is 25.4 Å². The first-order valence-electron chi connectivity index (χ1n) is 8.81. The zero-order valence-electron chi connectivity index (χ0n) is 14.5. The van der Waals surface area contributed by atoms with Crippen LogP contribution in [0.5, 0.6) is 5.75 Å². The average Bonchev–Trinajstić information content (AvgIpc) is 2.48. The molecule has 1 heterocycles. The maximum atomic E-state index is 6.11. The van der Waals surface area contributed by atoms with Gasteiger partial charge in [0.1, 0.15) is 5.75 Å². The fraction of sp³-hybridized carbons (Fsp3) is 0.684. The smallest absolute Gasteiger partial charge is 0.142 e. The van der Waals surface area contributed by atoms with Crippen molar-refractivity contribution in [3.63, 3.8) is 0 Å². The van der Waals surface area contributed by atoms with Crippen LogP contribution < -0.4 is 10.5 Å². The van der Waals surface area contributed by atoms with Crippen LogP contribution in [0.2, 0.25) is 0 Å². The van der Waals surface area contributed by atoms with Gasteiger partial charge in [0, 0.05) is 6.04 Å². The molecule has 0 aliphatic carbocycles. The molecule has 1 fully saturated rings. The van der Waals surface area contributed by atoms with Crippen LogP contribution in [0.25, 0.3) is 0 Å². The number of rotatable bonds is 7. The predicted octanol–water partition coefficient (Wildman–Crippen LogP) is 4.11. The number of likely N-dealkylation sites (tertiary alicyclic amines) is 1. The normalized spacial score (nSPS) is 19.5. The van der Waals surface area contributed by atoms with Gasteiger partial charge >= 0.3 is 0 Å². The number of aryl methyl sites for hydroxylation is 1. The Morgan fingerprint density at radius 1 is 1.32 bits per heavy atom. The second-order valence-electron chi connectivity index (χ2n) is 7.06. The van der Waals surface area contributed by atoms with Gasteiger partial charge in [-0.2, -0.15) is 0 Å². The summed E-state index contributed by atoms with van der Waals surface area (Å²) in [5.41, 5.74) is 8.20. The quantitative estimate of drug-likeness (QED) is 0.770. The van der Waals surface area contributed by atoms with Gasteiger partial charge in [0.05, 0.1) is 12.3 Å². The summed E-state index contributed by atoms with van der Waals surface area (Å²) in [5.74, 6) is 1.34. The number of ether oxygens (including phenoxy) is 1. The van der Waals surface area contributed by atoms with Crippen molar-refractivity contribution in [3.8, 4) is 5.75 Å². The van der Waals surface area contributed by atoms with Gasteiger partial charge in [0.25, 0.3) is 0 Å². The Morgan fingerprint density at radius 2 is 2.14 bits per heavy atom. The van der Waals surface area contributed by atoms with E-state index in [1.807, 2.05) is 6.07 Å². The van der Waals surface area contributed by atoms with Crippen molar-refractivity contribution in [1.82, 2.24) is 4.90 Å². The Balaban J connectivity index is 1.79. The predicted molar refractivity (Wildman–Crippen MR) is 94.4 cm³/mol. The molecule has 0 amide bonds. The van der Waals surface area contributed by atoms with Gasteiger partial charge in [0.2, 0.25) is 0 Å². The Labute approximate surface area is 135 Å². The molecule has 2 N–H and O–H groups in total. The lowest BCUT2D eigenvalue weighted by Gasteiger charge is -2.33. The molecule has 3 heteroatoms. The monoisotopic (exact) mass is 304 g/mol. The van der Waals surface area contributed by atoms with Gasteiger partial charge < -0.3 is 15.4 Å². The molecular formula is C19H32N2O. The minimum atomic E-state index is 0.519. The molecule has 124 valence electrons. The lowest BCUT2D eigenvalue weighted by molar-refractivity contribution is 0.159. The highest BCUT2D eigenvalue weighted by Crippen LogP contribution is 2.24. The fourth-order valence-electron chi connectivity index (χ4n) is 3.12. The molecule has 1 aliphatic rings. The number of nitrogens with zero attached hydrogens (tertiary/aromatic N) is 1. The second kappa shape index (κ2) is 8.42. The molecule has 0 aromatic heterocycles. The molecule has 0 saturated carbocycles. The molecule has 1 unspecified atom stereocenters. The number of hydrogen-bond acceptors (Lipinski definition) is 3. The molecule has 1 atom stereocenters. The Kier molecular flexibility index (Phi) is 6.56. The SMILES string of the molecule is CC(C)COc1ccc(CCCN2CCCCC2C)cc1N. The van der Waals surface area contributed by atoms with Gasteiger partial charge in [0.15, 0.2) is 0 Å². The maximum Gasteiger partial charge on any atom is 0.142 e. The number of anilines is 1. The molecule has 1 saturated heterocycles. The van der Waals surface area contributed by atoms with Crippen LogP contribution in [0.1, 0.15) is 52.0 Å². The first kappa shape index (κ1) is 17.1. The summed E-state index contributed by atoms with van der Waals surface area (Å²) >= 11 is 0. The van der Waals surface area contributed by atoms with Crippen molar-refractivity contribution in [3.05, 3.63) is 23.8 Å². The van der Waals surface area contributed by atoms with E-state index in [0.29, 0.717) is 5.92 Å². The third kappa shape index (κ3) is 5.20. The van der Waals surface area contributed by atoms with E-state index in [1.165, 1.54) is 44.3 Å². The molecule has 0 bridgehead atoms. The van der Waals surface area contributed by atoms with Gasteiger partial charge in [-0.25, -0.2) is 0 Å². The molecule has 1 aromatic rings. The summed E-state index contributed by atoms with van der Waals surface area (Å²) in [7, 11) is 0. The van der Waals surface area contributed by atoms with Crippen molar-refractivity contribution in [2.45, 2.75) is 58.9 Å². The summed E-state index contributed by atoms with van der Waals surface area (Å²) in [6.45, 7) is 9.84. The van der Waals surface area contributed by atoms with Crippen LogP contribution in [0.4, 0.5) is 5.69 Å². The van der Waals surface area contributed by atoms with Crippen molar-refractivity contribution >= 4 is 5.69 Å². The largest absolute Gasteiger partial charge is 0.491 e. The third-order valence-electron chi connectivity index (χ3n) is 4.50. The van der Waals surface area contributed by atoms with Crippen LogP contribution in [0.3, 0.4) is 0 Å². The van der Waals surface area contributed by atoms with E-state index >= 15 is 0 Å². The van der Waals surface area contributed by atoms with E-state index in [9.17, 15) is 0 Å². The number of nitrogen functional groups attached to an aromatic ring is 1. The highest BCUT2D eigenvalue weighted by molar-refractivity contribution is 5.54. The van der Waals surface area contributed by atoms with Gasteiger partial charge in [-0.3, -0.25) is 0 Å². The Bertz CT molecular complexity index is 459. The summed E-state index contributed by atoms with van der Waals surface area (Å²) < 4.78 is 5.73. The van der Waals surface area contributed by atoms with Crippen molar-refractivity contribution in [1.29, 1.82) is 0 Å². The van der Waals surface area contributed by atoms with Crippen LogP contribution in [0.15, 0.2) is 18.2 Å². The van der Waals surface area contributed by atoms with Crippen LogP contribution >= 0.6 is 0 Å².